The van der Waals surface area contributed by atoms with E-state index in [4.69, 9.17) is 10.5 Å². The molecule has 0 bridgehead atoms. The second-order valence-electron chi connectivity index (χ2n) is 6.39. The number of carbonyl (C=O) groups is 2. The van der Waals surface area contributed by atoms with E-state index in [1.807, 2.05) is 45.9 Å². The van der Waals surface area contributed by atoms with Gasteiger partial charge in [-0.05, 0) is 37.5 Å². The summed E-state index contributed by atoms with van der Waals surface area (Å²) >= 11 is 0. The topological polar surface area (TPSA) is 84.7 Å². The zero-order chi connectivity index (χ0) is 17.1. The number of fused-ring (bicyclic) bond motifs is 1. The first-order chi connectivity index (χ1) is 10.8. The maximum atomic E-state index is 12.5. The van der Waals surface area contributed by atoms with Crippen molar-refractivity contribution >= 4 is 29.9 Å². The molecule has 2 rings (SSSR count). The summed E-state index contributed by atoms with van der Waals surface area (Å²) in [6.07, 6.45) is -0.0955. The van der Waals surface area contributed by atoms with Crippen molar-refractivity contribution in [3.8, 4) is 5.75 Å². The predicted octanol–water partition coefficient (Wildman–Crippen LogP) is 1.63. The van der Waals surface area contributed by atoms with Gasteiger partial charge in [-0.3, -0.25) is 9.59 Å². The van der Waals surface area contributed by atoms with E-state index in [0.29, 0.717) is 12.3 Å². The molecule has 3 N–H and O–H groups in total. The Morgan fingerprint density at radius 2 is 2.08 bits per heavy atom. The Bertz CT molecular complexity index is 607. The van der Waals surface area contributed by atoms with Crippen molar-refractivity contribution in [3.05, 3.63) is 23.8 Å². The van der Waals surface area contributed by atoms with E-state index in [1.165, 1.54) is 0 Å². The minimum Gasteiger partial charge on any atom is -0.487 e. The summed E-state index contributed by atoms with van der Waals surface area (Å²) in [6, 6.07) is 5.11. The number of amides is 2. The van der Waals surface area contributed by atoms with Crippen LogP contribution in [0.4, 0.5) is 5.69 Å². The largest absolute Gasteiger partial charge is 0.487 e. The molecule has 0 saturated heterocycles. The van der Waals surface area contributed by atoms with Gasteiger partial charge in [0.15, 0.2) is 0 Å². The molecule has 6 nitrogen and oxygen atoms in total. The number of rotatable bonds is 4. The van der Waals surface area contributed by atoms with Crippen molar-refractivity contribution in [1.82, 2.24) is 5.32 Å². The van der Waals surface area contributed by atoms with Gasteiger partial charge in [0.2, 0.25) is 11.8 Å². The molecule has 0 radical (unpaired) electrons. The molecule has 0 fully saturated rings. The van der Waals surface area contributed by atoms with Crippen molar-refractivity contribution in [3.63, 3.8) is 0 Å². The first-order valence-corrected chi connectivity index (χ1v) is 7.90. The minimum absolute atomic E-state index is 0. The Balaban J connectivity index is 0.00000288. The number of hydrogen-bond donors (Lipinski definition) is 2. The quantitative estimate of drug-likeness (QED) is 0.859. The van der Waals surface area contributed by atoms with Crippen LogP contribution >= 0.6 is 12.4 Å². The standard InChI is InChI=1S/C17H25N3O3.ClH/c1-10(2)16(18)17(22)19-8-15(21)20-9-12(4)23-14-7-11(3)5-6-13(14)20;/h5-7,10,12,16H,8-9,18H2,1-4H3,(H,19,22);1H/t12?,16-;/m0./s1. The van der Waals surface area contributed by atoms with Crippen molar-refractivity contribution in [2.24, 2.45) is 11.7 Å². The Hall–Kier alpha value is -1.79. The summed E-state index contributed by atoms with van der Waals surface area (Å²) in [5.41, 5.74) is 7.59. The molecule has 2 amide bonds. The Morgan fingerprint density at radius 3 is 2.71 bits per heavy atom. The summed E-state index contributed by atoms with van der Waals surface area (Å²) in [4.78, 5) is 26.1. The normalized spacial score (nSPS) is 17.4. The number of carbonyl (C=O) groups excluding carboxylic acids is 2. The van der Waals surface area contributed by atoms with Crippen LogP contribution in [-0.2, 0) is 9.59 Å². The zero-order valence-electron chi connectivity index (χ0n) is 14.5. The lowest BCUT2D eigenvalue weighted by Gasteiger charge is -2.33. The van der Waals surface area contributed by atoms with Gasteiger partial charge in [-0.1, -0.05) is 19.9 Å². The second kappa shape index (κ2) is 8.35. The number of aryl methyl sites for hydroxylation is 1. The molecular weight excluding hydrogens is 330 g/mol. The third-order valence-corrected chi connectivity index (χ3v) is 3.91. The highest BCUT2D eigenvalue weighted by atomic mass is 35.5. The average molecular weight is 356 g/mol. The highest BCUT2D eigenvalue weighted by molar-refractivity contribution is 5.98. The number of nitrogens with two attached hydrogens (primary N) is 1. The van der Waals surface area contributed by atoms with E-state index in [0.717, 1.165) is 11.3 Å². The molecule has 7 heteroatoms. The number of nitrogens with one attached hydrogen (secondary N) is 1. The molecule has 0 aromatic heterocycles. The molecule has 1 aromatic carbocycles. The first kappa shape index (κ1) is 20.3. The molecule has 0 saturated carbocycles. The fourth-order valence-corrected chi connectivity index (χ4v) is 2.46. The van der Waals surface area contributed by atoms with E-state index < -0.39 is 6.04 Å². The molecule has 1 aliphatic heterocycles. The molecule has 0 spiro atoms. The molecular formula is C17H26ClN3O3. The maximum absolute atomic E-state index is 12.5. The fraction of sp³-hybridized carbons (Fsp3) is 0.529. The van der Waals surface area contributed by atoms with Gasteiger partial charge in [0, 0.05) is 0 Å². The first-order valence-electron chi connectivity index (χ1n) is 7.90. The van der Waals surface area contributed by atoms with E-state index in [-0.39, 0.29) is 42.8 Å². The summed E-state index contributed by atoms with van der Waals surface area (Å²) in [5.74, 6) is 0.243. The number of ether oxygens (including phenoxy) is 1. The molecule has 134 valence electrons. The van der Waals surface area contributed by atoms with Crippen LogP contribution in [0.5, 0.6) is 5.75 Å². The van der Waals surface area contributed by atoms with Crippen molar-refractivity contribution in [2.75, 3.05) is 18.0 Å². The van der Waals surface area contributed by atoms with Crippen LogP contribution in [-0.4, -0.2) is 37.0 Å². The minimum atomic E-state index is -0.610. The third kappa shape index (κ3) is 4.61. The predicted molar refractivity (Wildman–Crippen MR) is 96.7 cm³/mol. The highest BCUT2D eigenvalue weighted by Gasteiger charge is 2.28. The lowest BCUT2D eigenvalue weighted by atomic mass is 10.1. The lowest BCUT2D eigenvalue weighted by Crippen LogP contribution is -2.50. The van der Waals surface area contributed by atoms with Crippen LogP contribution in [0.3, 0.4) is 0 Å². The van der Waals surface area contributed by atoms with Gasteiger partial charge in [0.25, 0.3) is 0 Å². The second-order valence-corrected chi connectivity index (χ2v) is 6.39. The van der Waals surface area contributed by atoms with Crippen LogP contribution in [0.2, 0.25) is 0 Å². The Kier molecular flexibility index (Phi) is 7.05. The van der Waals surface area contributed by atoms with E-state index in [9.17, 15) is 9.59 Å². The Morgan fingerprint density at radius 1 is 1.42 bits per heavy atom. The molecule has 1 aromatic rings. The SMILES string of the molecule is Cc1ccc2c(c1)OC(C)CN2C(=O)CNC(=O)[C@@H](N)C(C)C.Cl. The van der Waals surface area contributed by atoms with Crippen molar-refractivity contribution in [1.29, 1.82) is 0 Å². The summed E-state index contributed by atoms with van der Waals surface area (Å²) in [7, 11) is 0. The monoisotopic (exact) mass is 355 g/mol. The molecule has 2 atom stereocenters. The van der Waals surface area contributed by atoms with Gasteiger partial charge in [0.1, 0.15) is 11.9 Å². The van der Waals surface area contributed by atoms with Crippen LogP contribution in [0.1, 0.15) is 26.3 Å². The van der Waals surface area contributed by atoms with Gasteiger partial charge >= 0.3 is 0 Å². The summed E-state index contributed by atoms with van der Waals surface area (Å²) in [5, 5.41) is 2.62. The Labute approximate surface area is 149 Å². The van der Waals surface area contributed by atoms with Crippen LogP contribution in [0.15, 0.2) is 18.2 Å². The average Bonchev–Trinajstić information content (AvgIpc) is 2.49. The van der Waals surface area contributed by atoms with Gasteiger partial charge in [-0.25, -0.2) is 0 Å². The van der Waals surface area contributed by atoms with Gasteiger partial charge in [0.05, 0.1) is 24.8 Å². The summed E-state index contributed by atoms with van der Waals surface area (Å²) < 4.78 is 5.79. The van der Waals surface area contributed by atoms with E-state index in [1.54, 1.807) is 4.90 Å². The van der Waals surface area contributed by atoms with Crippen LogP contribution < -0.4 is 20.7 Å². The molecule has 1 aliphatic rings. The number of benzene rings is 1. The smallest absolute Gasteiger partial charge is 0.246 e. The fourth-order valence-electron chi connectivity index (χ4n) is 2.46. The van der Waals surface area contributed by atoms with Crippen molar-refractivity contribution in [2.45, 2.75) is 39.8 Å². The maximum Gasteiger partial charge on any atom is 0.246 e. The molecule has 1 heterocycles. The van der Waals surface area contributed by atoms with Crippen molar-refractivity contribution < 1.29 is 14.3 Å². The van der Waals surface area contributed by atoms with Gasteiger partial charge in [-0.2, -0.15) is 0 Å². The number of hydrogen-bond acceptors (Lipinski definition) is 4. The number of halogens is 1. The lowest BCUT2D eigenvalue weighted by molar-refractivity contribution is -0.126. The summed E-state index contributed by atoms with van der Waals surface area (Å²) in [6.45, 7) is 8.02. The molecule has 24 heavy (non-hydrogen) atoms. The van der Waals surface area contributed by atoms with Gasteiger partial charge in [-0.15, -0.1) is 12.4 Å². The third-order valence-electron chi connectivity index (χ3n) is 3.91. The zero-order valence-corrected chi connectivity index (χ0v) is 15.4. The van der Waals surface area contributed by atoms with E-state index >= 15 is 0 Å². The number of anilines is 1. The molecule has 1 unspecified atom stereocenters. The molecule has 0 aliphatic carbocycles. The van der Waals surface area contributed by atoms with Gasteiger partial charge < -0.3 is 20.7 Å². The number of nitrogens with zero attached hydrogens (tertiary/aromatic N) is 1. The van der Waals surface area contributed by atoms with Crippen LogP contribution in [0, 0.1) is 12.8 Å². The van der Waals surface area contributed by atoms with E-state index in [2.05, 4.69) is 5.32 Å². The van der Waals surface area contributed by atoms with Crippen LogP contribution in [0.25, 0.3) is 0 Å². The highest BCUT2D eigenvalue weighted by Crippen LogP contribution is 2.34.